The molecule has 0 saturated heterocycles. The Hall–Kier alpha value is -0.630. The van der Waals surface area contributed by atoms with Gasteiger partial charge in [-0.2, -0.15) is 0 Å². The smallest absolute Gasteiger partial charge is 0.120 e. The molecule has 2 nitrogen and oxygen atoms in total. The minimum atomic E-state index is 0.164. The van der Waals surface area contributed by atoms with E-state index in [1.807, 2.05) is 0 Å². The zero-order chi connectivity index (χ0) is 11.1. The number of hydrogen-bond donors (Lipinski definition) is 1. The number of rotatable bonds is 4. The molecule has 0 heterocycles. The second-order valence-corrected chi connectivity index (χ2v) is 5.37. The monoisotopic (exact) mass is 208 g/mol. The molecule has 0 aliphatic heterocycles. The van der Waals surface area contributed by atoms with Gasteiger partial charge in [-0.3, -0.25) is 0 Å². The molecule has 2 heteroatoms. The summed E-state index contributed by atoms with van der Waals surface area (Å²) in [5, 5.41) is 9.25. The van der Waals surface area contributed by atoms with Crippen LogP contribution in [0.15, 0.2) is 12.2 Å². The van der Waals surface area contributed by atoms with Crippen LogP contribution < -0.4 is 0 Å². The van der Waals surface area contributed by atoms with Crippen molar-refractivity contribution in [1.82, 2.24) is 0 Å². The molecular weight excluding hydrogens is 188 g/mol. The fraction of sp³-hybridized carbons (Fsp3) is 0.769. The zero-order valence-corrected chi connectivity index (χ0v) is 9.41. The molecule has 2 aliphatic rings. The van der Waals surface area contributed by atoms with Crippen LogP contribution in [0.4, 0.5) is 0 Å². The van der Waals surface area contributed by atoms with Gasteiger partial charge in [-0.1, -0.05) is 19.1 Å². The lowest BCUT2D eigenvalue weighted by molar-refractivity contribution is -0.108. The lowest BCUT2D eigenvalue weighted by Crippen LogP contribution is -2.31. The van der Waals surface area contributed by atoms with E-state index in [0.717, 1.165) is 19.1 Å². The van der Waals surface area contributed by atoms with Gasteiger partial charge in [0, 0.05) is 13.0 Å². The zero-order valence-electron chi connectivity index (χ0n) is 9.41. The van der Waals surface area contributed by atoms with Gasteiger partial charge in [0.2, 0.25) is 0 Å². The molecule has 2 aliphatic carbocycles. The van der Waals surface area contributed by atoms with Crippen LogP contribution in [0.3, 0.4) is 0 Å². The molecule has 2 saturated carbocycles. The Bertz CT molecular complexity index is 284. The number of carbonyl (C=O) groups is 1. The predicted molar refractivity (Wildman–Crippen MR) is 59.3 cm³/mol. The summed E-state index contributed by atoms with van der Waals surface area (Å²) >= 11 is 0. The summed E-state index contributed by atoms with van der Waals surface area (Å²) < 4.78 is 0. The van der Waals surface area contributed by atoms with Crippen molar-refractivity contribution in [3.63, 3.8) is 0 Å². The van der Waals surface area contributed by atoms with E-state index in [1.165, 1.54) is 12.0 Å². The maximum atomic E-state index is 10.5. The Labute approximate surface area is 91.4 Å². The van der Waals surface area contributed by atoms with Crippen molar-refractivity contribution >= 4 is 6.29 Å². The van der Waals surface area contributed by atoms with Gasteiger partial charge in [0.15, 0.2) is 0 Å². The van der Waals surface area contributed by atoms with E-state index in [1.54, 1.807) is 0 Å². The van der Waals surface area contributed by atoms with Crippen LogP contribution in [-0.4, -0.2) is 18.0 Å². The summed E-state index contributed by atoms with van der Waals surface area (Å²) in [4.78, 5) is 10.5. The molecule has 0 aromatic heterocycles. The van der Waals surface area contributed by atoms with Crippen LogP contribution in [-0.2, 0) is 4.79 Å². The third-order valence-electron chi connectivity index (χ3n) is 4.79. The van der Waals surface area contributed by atoms with Gasteiger partial charge in [-0.25, -0.2) is 0 Å². The lowest BCUT2D eigenvalue weighted by atomic mass is 9.66. The molecule has 0 amide bonds. The van der Waals surface area contributed by atoms with Crippen molar-refractivity contribution < 1.29 is 9.90 Å². The van der Waals surface area contributed by atoms with Crippen LogP contribution in [0.2, 0.25) is 0 Å². The van der Waals surface area contributed by atoms with Crippen LogP contribution >= 0.6 is 0 Å². The molecule has 0 spiro atoms. The van der Waals surface area contributed by atoms with Crippen LogP contribution in [0, 0.1) is 23.2 Å². The average Bonchev–Trinajstić information content (AvgIpc) is 2.76. The maximum Gasteiger partial charge on any atom is 0.120 e. The molecular formula is C13H20O2. The topological polar surface area (TPSA) is 37.3 Å². The van der Waals surface area contributed by atoms with Crippen molar-refractivity contribution in [2.45, 2.75) is 32.6 Å². The summed E-state index contributed by atoms with van der Waals surface area (Å²) in [6.07, 6.45) is 4.89. The van der Waals surface area contributed by atoms with Crippen molar-refractivity contribution in [2.75, 3.05) is 6.61 Å². The molecule has 2 fully saturated rings. The first-order chi connectivity index (χ1) is 7.13. The number of carbonyl (C=O) groups excluding carboxylic acids is 1. The third kappa shape index (κ3) is 1.46. The molecule has 2 bridgehead atoms. The number of aldehydes is 1. The molecule has 4 unspecified atom stereocenters. The minimum Gasteiger partial charge on any atom is -0.396 e. The van der Waals surface area contributed by atoms with E-state index in [2.05, 4.69) is 13.5 Å². The molecule has 1 N–H and O–H groups in total. The number of fused-ring (bicyclic) bond motifs is 2. The third-order valence-corrected chi connectivity index (χ3v) is 4.79. The molecule has 0 aromatic rings. The predicted octanol–water partition coefficient (Wildman–Crippen LogP) is 2.18. The largest absolute Gasteiger partial charge is 0.396 e. The summed E-state index contributed by atoms with van der Waals surface area (Å²) in [7, 11) is 0. The quantitative estimate of drug-likeness (QED) is 0.568. The van der Waals surface area contributed by atoms with E-state index in [-0.39, 0.29) is 5.41 Å². The average molecular weight is 208 g/mol. The Morgan fingerprint density at radius 1 is 1.60 bits per heavy atom. The van der Waals surface area contributed by atoms with Crippen LogP contribution in [0.25, 0.3) is 0 Å². The lowest BCUT2D eigenvalue weighted by Gasteiger charge is -2.38. The Morgan fingerprint density at radius 3 is 2.87 bits per heavy atom. The minimum absolute atomic E-state index is 0.164. The SMILES string of the molecule is C=C1C2CC(CC2CO)C1(C)CCC=O. The van der Waals surface area contributed by atoms with Gasteiger partial charge in [-0.15, -0.1) is 0 Å². The van der Waals surface area contributed by atoms with Crippen molar-refractivity contribution in [3.8, 4) is 0 Å². The highest BCUT2D eigenvalue weighted by Crippen LogP contribution is 2.62. The van der Waals surface area contributed by atoms with Gasteiger partial charge >= 0.3 is 0 Å². The summed E-state index contributed by atoms with van der Waals surface area (Å²) in [6, 6.07) is 0. The number of allylic oxidation sites excluding steroid dienone is 1. The number of hydrogen-bond acceptors (Lipinski definition) is 2. The normalized spacial score (nSPS) is 43.6. The number of aliphatic hydroxyl groups is 1. The first kappa shape index (κ1) is 10.9. The van der Waals surface area contributed by atoms with Gasteiger partial charge in [0.05, 0.1) is 0 Å². The first-order valence-electron chi connectivity index (χ1n) is 5.87. The van der Waals surface area contributed by atoms with Crippen molar-refractivity contribution in [3.05, 3.63) is 12.2 Å². The maximum absolute atomic E-state index is 10.5. The van der Waals surface area contributed by atoms with E-state index >= 15 is 0 Å². The highest BCUT2D eigenvalue weighted by Gasteiger charge is 2.54. The molecule has 4 atom stereocenters. The standard InChI is InChI=1S/C13H20O2/c1-9-12-7-11(6-10(12)8-15)13(9,2)4-3-5-14/h5,10-12,15H,1,3-4,6-8H2,2H3. The second-order valence-electron chi connectivity index (χ2n) is 5.37. The summed E-state index contributed by atoms with van der Waals surface area (Å²) in [6.45, 7) is 6.76. The Kier molecular flexibility index (Phi) is 2.72. The van der Waals surface area contributed by atoms with E-state index in [0.29, 0.717) is 30.8 Å². The highest BCUT2D eigenvalue weighted by atomic mass is 16.3. The molecule has 0 aromatic carbocycles. The van der Waals surface area contributed by atoms with Gasteiger partial charge < -0.3 is 9.90 Å². The van der Waals surface area contributed by atoms with Gasteiger partial charge in [0.1, 0.15) is 6.29 Å². The van der Waals surface area contributed by atoms with Crippen molar-refractivity contribution in [2.24, 2.45) is 23.2 Å². The summed E-state index contributed by atoms with van der Waals surface area (Å²) in [5.41, 5.74) is 1.46. The van der Waals surface area contributed by atoms with Crippen molar-refractivity contribution in [1.29, 1.82) is 0 Å². The molecule has 0 radical (unpaired) electrons. The molecule has 15 heavy (non-hydrogen) atoms. The van der Waals surface area contributed by atoms with E-state index in [9.17, 15) is 9.90 Å². The summed E-state index contributed by atoms with van der Waals surface area (Å²) in [5.74, 6) is 1.59. The second kappa shape index (κ2) is 3.75. The fourth-order valence-corrected chi connectivity index (χ4v) is 3.68. The van der Waals surface area contributed by atoms with Gasteiger partial charge in [-0.05, 0) is 42.4 Å². The highest BCUT2D eigenvalue weighted by molar-refractivity contribution is 5.49. The van der Waals surface area contributed by atoms with E-state index < -0.39 is 0 Å². The fourth-order valence-electron chi connectivity index (χ4n) is 3.68. The van der Waals surface area contributed by atoms with Gasteiger partial charge in [0.25, 0.3) is 0 Å². The van der Waals surface area contributed by atoms with Crippen LogP contribution in [0.5, 0.6) is 0 Å². The molecule has 2 rings (SSSR count). The Morgan fingerprint density at radius 2 is 2.33 bits per heavy atom. The van der Waals surface area contributed by atoms with E-state index in [4.69, 9.17) is 0 Å². The first-order valence-corrected chi connectivity index (χ1v) is 5.87. The Balaban J connectivity index is 2.12. The molecule has 84 valence electrons. The number of aliphatic hydroxyl groups excluding tert-OH is 1. The van der Waals surface area contributed by atoms with Crippen LogP contribution in [0.1, 0.15) is 32.6 Å².